The molecule has 1 amide bonds. The predicted octanol–water partition coefficient (Wildman–Crippen LogP) is 2.39. The molecule has 1 rings (SSSR count). The van der Waals surface area contributed by atoms with Gasteiger partial charge in [-0.2, -0.15) is 5.26 Å². The summed E-state index contributed by atoms with van der Waals surface area (Å²) in [5.74, 6) is -0.0682. The molecule has 1 aromatic rings. The SMILES string of the molecule is CC(C)(C)CC(=O)Nc1ncc(C#N)s1. The fraction of sp³-hybridized carbons (Fsp3) is 0.500. The second-order valence-electron chi connectivity index (χ2n) is 4.43. The van der Waals surface area contributed by atoms with E-state index in [0.29, 0.717) is 16.4 Å². The number of nitriles is 1. The van der Waals surface area contributed by atoms with Crippen molar-refractivity contribution in [3.8, 4) is 6.07 Å². The van der Waals surface area contributed by atoms with Crippen LogP contribution in [0, 0.1) is 16.7 Å². The van der Waals surface area contributed by atoms with Crippen LogP contribution in [0.25, 0.3) is 0 Å². The number of hydrogen-bond acceptors (Lipinski definition) is 4. The fourth-order valence-corrected chi connectivity index (χ4v) is 1.66. The minimum absolute atomic E-state index is 0.0423. The molecule has 0 saturated heterocycles. The molecule has 0 fully saturated rings. The van der Waals surface area contributed by atoms with Crippen LogP contribution in [0.15, 0.2) is 6.20 Å². The Morgan fingerprint density at radius 1 is 1.67 bits per heavy atom. The molecule has 0 aliphatic heterocycles. The lowest BCUT2D eigenvalue weighted by molar-refractivity contribution is -0.117. The van der Waals surface area contributed by atoms with E-state index in [1.165, 1.54) is 17.5 Å². The first-order valence-corrected chi connectivity index (χ1v) is 5.38. The van der Waals surface area contributed by atoms with Crippen LogP contribution in [-0.4, -0.2) is 10.9 Å². The summed E-state index contributed by atoms with van der Waals surface area (Å²) in [6.07, 6.45) is 1.89. The number of anilines is 1. The maximum Gasteiger partial charge on any atom is 0.226 e. The summed E-state index contributed by atoms with van der Waals surface area (Å²) < 4.78 is 0. The van der Waals surface area contributed by atoms with Crippen molar-refractivity contribution in [1.29, 1.82) is 5.26 Å². The fourth-order valence-electron chi connectivity index (χ4n) is 1.03. The highest BCUT2D eigenvalue weighted by Gasteiger charge is 2.16. The van der Waals surface area contributed by atoms with Crippen molar-refractivity contribution >= 4 is 22.4 Å². The number of amides is 1. The summed E-state index contributed by atoms with van der Waals surface area (Å²) in [6.45, 7) is 5.99. The number of rotatable bonds is 2. The van der Waals surface area contributed by atoms with Crippen molar-refractivity contribution in [2.45, 2.75) is 27.2 Å². The summed E-state index contributed by atoms with van der Waals surface area (Å²) in [4.78, 5) is 15.9. The largest absolute Gasteiger partial charge is 0.302 e. The average molecular weight is 223 g/mol. The van der Waals surface area contributed by atoms with Crippen LogP contribution in [0.5, 0.6) is 0 Å². The summed E-state index contributed by atoms with van der Waals surface area (Å²) in [5, 5.41) is 11.7. The lowest BCUT2D eigenvalue weighted by Crippen LogP contribution is -2.19. The first kappa shape index (κ1) is 11.7. The molecule has 0 spiro atoms. The van der Waals surface area contributed by atoms with Gasteiger partial charge in [0.2, 0.25) is 5.91 Å². The number of thiazole rings is 1. The smallest absolute Gasteiger partial charge is 0.226 e. The van der Waals surface area contributed by atoms with Gasteiger partial charge in [0, 0.05) is 6.42 Å². The number of carbonyl (C=O) groups excluding carboxylic acids is 1. The number of nitrogens with zero attached hydrogens (tertiary/aromatic N) is 2. The molecule has 0 radical (unpaired) electrons. The Morgan fingerprint density at radius 2 is 2.33 bits per heavy atom. The molecule has 4 nitrogen and oxygen atoms in total. The highest BCUT2D eigenvalue weighted by Crippen LogP contribution is 2.21. The predicted molar refractivity (Wildman–Crippen MR) is 59.5 cm³/mol. The van der Waals surface area contributed by atoms with Gasteiger partial charge in [-0.3, -0.25) is 4.79 Å². The molecule has 0 aliphatic rings. The minimum atomic E-state index is -0.0682. The third kappa shape index (κ3) is 4.09. The molecule has 0 bridgehead atoms. The first-order valence-electron chi connectivity index (χ1n) is 4.56. The van der Waals surface area contributed by atoms with Crippen molar-refractivity contribution in [2.24, 2.45) is 5.41 Å². The van der Waals surface area contributed by atoms with Crippen LogP contribution in [0.4, 0.5) is 5.13 Å². The van der Waals surface area contributed by atoms with Gasteiger partial charge in [0.15, 0.2) is 5.13 Å². The van der Waals surface area contributed by atoms with E-state index in [2.05, 4.69) is 10.3 Å². The Kier molecular flexibility index (Phi) is 3.43. The van der Waals surface area contributed by atoms with E-state index in [9.17, 15) is 4.79 Å². The van der Waals surface area contributed by atoms with Gasteiger partial charge in [-0.25, -0.2) is 4.98 Å². The van der Waals surface area contributed by atoms with Gasteiger partial charge in [-0.15, -0.1) is 0 Å². The van der Waals surface area contributed by atoms with Crippen molar-refractivity contribution in [3.05, 3.63) is 11.1 Å². The monoisotopic (exact) mass is 223 g/mol. The minimum Gasteiger partial charge on any atom is -0.302 e. The maximum atomic E-state index is 11.5. The topological polar surface area (TPSA) is 65.8 Å². The number of carbonyl (C=O) groups is 1. The van der Waals surface area contributed by atoms with E-state index in [4.69, 9.17) is 5.26 Å². The van der Waals surface area contributed by atoms with Crippen molar-refractivity contribution in [3.63, 3.8) is 0 Å². The Labute approximate surface area is 92.9 Å². The Morgan fingerprint density at radius 3 is 2.80 bits per heavy atom. The van der Waals surface area contributed by atoms with Crippen molar-refractivity contribution in [2.75, 3.05) is 5.32 Å². The quantitative estimate of drug-likeness (QED) is 0.837. The van der Waals surface area contributed by atoms with Gasteiger partial charge in [0.05, 0.1) is 6.20 Å². The first-order chi connectivity index (χ1) is 6.90. The summed E-state index contributed by atoms with van der Waals surface area (Å²) in [6, 6.07) is 1.97. The van der Waals surface area contributed by atoms with E-state index >= 15 is 0 Å². The molecule has 1 N–H and O–H groups in total. The molecule has 0 aromatic carbocycles. The van der Waals surface area contributed by atoms with Crippen LogP contribution >= 0.6 is 11.3 Å². The van der Waals surface area contributed by atoms with E-state index in [0.717, 1.165) is 0 Å². The molecule has 0 aliphatic carbocycles. The van der Waals surface area contributed by atoms with E-state index in [1.54, 1.807) is 0 Å². The molecule has 1 heterocycles. The lowest BCUT2D eigenvalue weighted by atomic mass is 9.92. The van der Waals surface area contributed by atoms with Crippen LogP contribution in [0.2, 0.25) is 0 Å². The third-order valence-electron chi connectivity index (χ3n) is 1.55. The standard InChI is InChI=1S/C10H13N3OS/c1-10(2,3)4-8(14)13-9-12-6-7(5-11)15-9/h6H,4H2,1-3H3,(H,12,13,14). The van der Waals surface area contributed by atoms with Crippen LogP contribution in [-0.2, 0) is 4.79 Å². The lowest BCUT2D eigenvalue weighted by Gasteiger charge is -2.16. The van der Waals surface area contributed by atoms with Crippen LogP contribution in [0.3, 0.4) is 0 Å². The zero-order valence-electron chi connectivity index (χ0n) is 9.00. The summed E-state index contributed by atoms with van der Waals surface area (Å²) in [7, 11) is 0. The van der Waals surface area contributed by atoms with E-state index in [1.807, 2.05) is 26.8 Å². The van der Waals surface area contributed by atoms with Crippen LogP contribution < -0.4 is 5.32 Å². The van der Waals surface area contributed by atoms with Crippen molar-refractivity contribution < 1.29 is 4.79 Å². The summed E-state index contributed by atoms with van der Waals surface area (Å²) >= 11 is 1.18. The Balaban J connectivity index is 2.56. The van der Waals surface area contributed by atoms with Gasteiger partial charge in [0.25, 0.3) is 0 Å². The average Bonchev–Trinajstić information content (AvgIpc) is 2.48. The van der Waals surface area contributed by atoms with Gasteiger partial charge < -0.3 is 5.32 Å². The molecular weight excluding hydrogens is 210 g/mol. The van der Waals surface area contributed by atoms with E-state index in [-0.39, 0.29) is 11.3 Å². The maximum absolute atomic E-state index is 11.5. The van der Waals surface area contributed by atoms with Gasteiger partial charge in [-0.05, 0) is 5.41 Å². The third-order valence-corrected chi connectivity index (χ3v) is 2.37. The molecule has 0 unspecified atom stereocenters. The van der Waals surface area contributed by atoms with E-state index < -0.39 is 0 Å². The number of aromatic nitrogens is 1. The van der Waals surface area contributed by atoms with Gasteiger partial charge >= 0.3 is 0 Å². The normalized spacial score (nSPS) is 10.8. The molecule has 15 heavy (non-hydrogen) atoms. The second kappa shape index (κ2) is 4.41. The number of hydrogen-bond donors (Lipinski definition) is 1. The zero-order chi connectivity index (χ0) is 11.5. The molecule has 0 saturated carbocycles. The summed E-state index contributed by atoms with van der Waals surface area (Å²) in [5.41, 5.74) is -0.0423. The molecule has 0 atom stereocenters. The van der Waals surface area contributed by atoms with Crippen molar-refractivity contribution in [1.82, 2.24) is 4.98 Å². The Hall–Kier alpha value is -1.41. The highest BCUT2D eigenvalue weighted by atomic mass is 32.1. The van der Waals surface area contributed by atoms with Gasteiger partial charge in [-0.1, -0.05) is 32.1 Å². The zero-order valence-corrected chi connectivity index (χ0v) is 9.81. The molecule has 1 aromatic heterocycles. The highest BCUT2D eigenvalue weighted by molar-refractivity contribution is 7.16. The second-order valence-corrected chi connectivity index (χ2v) is 5.46. The molecule has 5 heteroatoms. The Bertz CT molecular complexity index is 398. The molecule has 80 valence electrons. The molecular formula is C10H13N3OS. The van der Waals surface area contributed by atoms with Crippen LogP contribution in [0.1, 0.15) is 32.1 Å². The van der Waals surface area contributed by atoms with Gasteiger partial charge in [0.1, 0.15) is 10.9 Å². The number of nitrogens with one attached hydrogen (secondary N) is 1.